The van der Waals surface area contributed by atoms with Crippen LogP contribution in [0.15, 0.2) is 36.4 Å². The smallest absolute Gasteiger partial charge is 0.133 e. The fourth-order valence-corrected chi connectivity index (χ4v) is 2.93. The van der Waals surface area contributed by atoms with Crippen molar-refractivity contribution in [2.24, 2.45) is 0 Å². The molecule has 3 rings (SSSR count). The molecule has 0 fully saturated rings. The van der Waals surface area contributed by atoms with Crippen LogP contribution in [0.4, 0.5) is 11.5 Å². The standard InChI is InChI=1S/C15H14Cl2N2/c16-10-13-12(17)7-8-15(18-13)19-9-3-5-11-4-1-2-6-14(11)19/h1-2,4,6-8H,3,5,9-10H2. The van der Waals surface area contributed by atoms with Crippen molar-refractivity contribution in [1.29, 1.82) is 0 Å². The van der Waals surface area contributed by atoms with Crippen LogP contribution in [0.5, 0.6) is 0 Å². The van der Waals surface area contributed by atoms with Crippen LogP contribution in [-0.2, 0) is 12.3 Å². The molecular formula is C15H14Cl2N2. The predicted molar refractivity (Wildman–Crippen MR) is 80.6 cm³/mol. The number of anilines is 2. The molecular weight excluding hydrogens is 279 g/mol. The normalized spacial score (nSPS) is 14.3. The first kappa shape index (κ1) is 12.8. The molecule has 2 nitrogen and oxygen atoms in total. The lowest BCUT2D eigenvalue weighted by Crippen LogP contribution is -2.25. The lowest BCUT2D eigenvalue weighted by molar-refractivity contribution is 0.758. The topological polar surface area (TPSA) is 16.1 Å². The van der Waals surface area contributed by atoms with Crippen LogP contribution in [-0.4, -0.2) is 11.5 Å². The molecule has 0 unspecified atom stereocenters. The van der Waals surface area contributed by atoms with Crippen LogP contribution < -0.4 is 4.90 Å². The van der Waals surface area contributed by atoms with Gasteiger partial charge < -0.3 is 4.90 Å². The number of aromatic nitrogens is 1. The molecule has 98 valence electrons. The minimum absolute atomic E-state index is 0.335. The number of alkyl halides is 1. The number of hydrogen-bond acceptors (Lipinski definition) is 2. The Morgan fingerprint density at radius 3 is 2.84 bits per heavy atom. The molecule has 4 heteroatoms. The van der Waals surface area contributed by atoms with Crippen molar-refractivity contribution >= 4 is 34.7 Å². The number of para-hydroxylation sites is 1. The largest absolute Gasteiger partial charge is 0.326 e. The van der Waals surface area contributed by atoms with Gasteiger partial charge in [-0.15, -0.1) is 11.6 Å². The second kappa shape index (κ2) is 5.40. The highest BCUT2D eigenvalue weighted by molar-refractivity contribution is 6.32. The van der Waals surface area contributed by atoms with Crippen molar-refractivity contribution < 1.29 is 0 Å². The van der Waals surface area contributed by atoms with E-state index in [1.807, 2.05) is 12.1 Å². The number of halogens is 2. The van der Waals surface area contributed by atoms with Gasteiger partial charge in [0.15, 0.2) is 0 Å². The fraction of sp³-hybridized carbons (Fsp3) is 0.267. The van der Waals surface area contributed by atoms with E-state index in [9.17, 15) is 0 Å². The first-order valence-corrected chi connectivity index (χ1v) is 7.27. The molecule has 0 saturated heterocycles. The third kappa shape index (κ3) is 2.43. The maximum Gasteiger partial charge on any atom is 0.133 e. The van der Waals surface area contributed by atoms with Gasteiger partial charge >= 0.3 is 0 Å². The lowest BCUT2D eigenvalue weighted by atomic mass is 10.0. The molecule has 0 spiro atoms. The van der Waals surface area contributed by atoms with E-state index < -0.39 is 0 Å². The second-order valence-corrected chi connectivity index (χ2v) is 5.29. The molecule has 19 heavy (non-hydrogen) atoms. The van der Waals surface area contributed by atoms with Gasteiger partial charge in [0.25, 0.3) is 0 Å². The van der Waals surface area contributed by atoms with Crippen LogP contribution in [0, 0.1) is 0 Å². The highest BCUT2D eigenvalue weighted by Gasteiger charge is 2.19. The van der Waals surface area contributed by atoms with Gasteiger partial charge in [-0.25, -0.2) is 4.98 Å². The summed E-state index contributed by atoms with van der Waals surface area (Å²) < 4.78 is 0. The van der Waals surface area contributed by atoms with Gasteiger partial charge in [-0.1, -0.05) is 29.8 Å². The zero-order chi connectivity index (χ0) is 13.2. The maximum atomic E-state index is 6.07. The monoisotopic (exact) mass is 292 g/mol. The summed E-state index contributed by atoms with van der Waals surface area (Å²) in [6, 6.07) is 12.3. The lowest BCUT2D eigenvalue weighted by Gasteiger charge is -2.30. The Kier molecular flexibility index (Phi) is 3.63. The molecule has 2 aromatic rings. The van der Waals surface area contributed by atoms with Crippen molar-refractivity contribution in [3.05, 3.63) is 52.7 Å². The molecule has 1 aliphatic heterocycles. The van der Waals surface area contributed by atoms with Crippen LogP contribution in [0.1, 0.15) is 17.7 Å². The minimum Gasteiger partial charge on any atom is -0.326 e. The SMILES string of the molecule is ClCc1nc(N2CCCc3ccccc32)ccc1Cl. The molecule has 2 heterocycles. The first-order valence-electron chi connectivity index (χ1n) is 6.36. The summed E-state index contributed by atoms with van der Waals surface area (Å²) in [6.45, 7) is 0.980. The van der Waals surface area contributed by atoms with Gasteiger partial charge in [0.2, 0.25) is 0 Å². The molecule has 0 atom stereocenters. The third-order valence-electron chi connectivity index (χ3n) is 3.42. The van der Waals surface area contributed by atoms with Crippen molar-refractivity contribution in [3.8, 4) is 0 Å². The third-order valence-corrected chi connectivity index (χ3v) is 4.01. The van der Waals surface area contributed by atoms with E-state index in [0.29, 0.717) is 10.9 Å². The summed E-state index contributed by atoms with van der Waals surface area (Å²) in [5, 5.41) is 0.629. The van der Waals surface area contributed by atoms with Gasteiger partial charge in [0.05, 0.1) is 16.6 Å². The summed E-state index contributed by atoms with van der Waals surface area (Å²) in [5.41, 5.74) is 3.35. The Balaban J connectivity index is 2.04. The Morgan fingerprint density at radius 2 is 2.00 bits per heavy atom. The molecule has 0 bridgehead atoms. The number of aryl methyl sites for hydroxylation is 1. The summed E-state index contributed by atoms with van der Waals surface area (Å²) in [5.74, 6) is 1.26. The Bertz CT molecular complexity index is 598. The number of rotatable bonds is 2. The molecule has 0 saturated carbocycles. The van der Waals surface area contributed by atoms with E-state index in [1.165, 1.54) is 11.3 Å². The van der Waals surface area contributed by atoms with Crippen molar-refractivity contribution in [3.63, 3.8) is 0 Å². The van der Waals surface area contributed by atoms with Gasteiger partial charge in [0.1, 0.15) is 5.82 Å². The molecule has 0 radical (unpaired) electrons. The zero-order valence-electron chi connectivity index (χ0n) is 10.4. The number of benzene rings is 1. The maximum absolute atomic E-state index is 6.07. The van der Waals surface area contributed by atoms with E-state index in [-0.39, 0.29) is 0 Å². The molecule has 0 amide bonds. The highest BCUT2D eigenvalue weighted by Crippen LogP contribution is 2.33. The molecule has 1 aromatic heterocycles. The second-order valence-electron chi connectivity index (χ2n) is 4.62. The summed E-state index contributed by atoms with van der Waals surface area (Å²) in [4.78, 5) is 6.82. The van der Waals surface area contributed by atoms with Gasteiger partial charge in [0, 0.05) is 12.2 Å². The highest BCUT2D eigenvalue weighted by atomic mass is 35.5. The van der Waals surface area contributed by atoms with E-state index in [2.05, 4.69) is 34.1 Å². The van der Waals surface area contributed by atoms with Crippen molar-refractivity contribution in [2.75, 3.05) is 11.4 Å². The van der Waals surface area contributed by atoms with Crippen molar-refractivity contribution in [2.45, 2.75) is 18.7 Å². The summed E-state index contributed by atoms with van der Waals surface area (Å²) in [6.07, 6.45) is 2.26. The minimum atomic E-state index is 0.335. The molecule has 0 aliphatic carbocycles. The number of nitrogens with zero attached hydrogens (tertiary/aromatic N) is 2. The Hall–Kier alpha value is -1.25. The van der Waals surface area contributed by atoms with Crippen LogP contribution in [0.25, 0.3) is 0 Å². The molecule has 0 N–H and O–H groups in total. The van der Waals surface area contributed by atoms with Crippen molar-refractivity contribution in [1.82, 2.24) is 4.98 Å². The zero-order valence-corrected chi connectivity index (χ0v) is 12.0. The van der Waals surface area contributed by atoms with Crippen LogP contribution >= 0.6 is 23.2 Å². The van der Waals surface area contributed by atoms with Gasteiger partial charge in [-0.3, -0.25) is 0 Å². The quantitative estimate of drug-likeness (QED) is 0.755. The predicted octanol–water partition coefficient (Wildman–Crippen LogP) is 4.56. The van der Waals surface area contributed by atoms with E-state index in [1.54, 1.807) is 0 Å². The number of pyridine rings is 1. The number of hydrogen-bond donors (Lipinski definition) is 0. The molecule has 1 aromatic carbocycles. The molecule has 1 aliphatic rings. The van der Waals surface area contributed by atoms with Crippen LogP contribution in [0.3, 0.4) is 0 Å². The fourth-order valence-electron chi connectivity index (χ4n) is 2.49. The van der Waals surface area contributed by atoms with Gasteiger partial charge in [-0.05, 0) is 36.6 Å². The Morgan fingerprint density at radius 1 is 1.16 bits per heavy atom. The Labute approximate surface area is 123 Å². The van der Waals surface area contributed by atoms with Gasteiger partial charge in [-0.2, -0.15) is 0 Å². The van der Waals surface area contributed by atoms with E-state index >= 15 is 0 Å². The summed E-state index contributed by atoms with van der Waals surface area (Å²) in [7, 11) is 0. The van der Waals surface area contributed by atoms with E-state index in [4.69, 9.17) is 23.2 Å². The average Bonchev–Trinajstić information content (AvgIpc) is 2.47. The first-order chi connectivity index (χ1) is 9.29. The average molecular weight is 293 g/mol. The summed E-state index contributed by atoms with van der Waals surface area (Å²) >= 11 is 11.9. The van der Waals surface area contributed by atoms with E-state index in [0.717, 1.165) is 30.9 Å². The number of fused-ring (bicyclic) bond motifs is 1. The van der Waals surface area contributed by atoms with Crippen LogP contribution in [0.2, 0.25) is 5.02 Å².